The Kier molecular flexibility index (Phi) is 3.79. The number of nitrogens with one attached hydrogen (secondary N) is 1. The third-order valence-electron chi connectivity index (χ3n) is 2.28. The SMILES string of the molecule is COc1ccc(Cl)cc1Nc1ncc(N)cc1Cl. The molecule has 0 saturated carbocycles. The van der Waals surface area contributed by atoms with Crippen molar-refractivity contribution in [3.8, 4) is 5.75 Å². The zero-order chi connectivity index (χ0) is 13.1. The van der Waals surface area contributed by atoms with Gasteiger partial charge in [-0.25, -0.2) is 4.98 Å². The summed E-state index contributed by atoms with van der Waals surface area (Å²) < 4.78 is 5.22. The van der Waals surface area contributed by atoms with Crippen LogP contribution in [-0.2, 0) is 0 Å². The second-order valence-electron chi connectivity index (χ2n) is 3.57. The van der Waals surface area contributed by atoms with Crippen LogP contribution in [0.25, 0.3) is 0 Å². The highest BCUT2D eigenvalue weighted by atomic mass is 35.5. The van der Waals surface area contributed by atoms with Gasteiger partial charge < -0.3 is 15.8 Å². The van der Waals surface area contributed by atoms with Crippen molar-refractivity contribution in [2.24, 2.45) is 0 Å². The minimum atomic E-state index is 0.428. The van der Waals surface area contributed by atoms with Gasteiger partial charge in [0.2, 0.25) is 0 Å². The molecule has 4 nitrogen and oxygen atoms in total. The smallest absolute Gasteiger partial charge is 0.149 e. The van der Waals surface area contributed by atoms with Crippen molar-refractivity contribution in [3.05, 3.63) is 40.5 Å². The predicted molar refractivity (Wildman–Crippen MR) is 74.9 cm³/mol. The Bertz CT molecular complexity index is 575. The van der Waals surface area contributed by atoms with Crippen LogP contribution in [0.2, 0.25) is 10.0 Å². The molecule has 0 amide bonds. The van der Waals surface area contributed by atoms with Crippen LogP contribution in [0, 0.1) is 0 Å². The molecule has 0 atom stereocenters. The summed E-state index contributed by atoms with van der Waals surface area (Å²) in [5.41, 5.74) is 6.77. The van der Waals surface area contributed by atoms with E-state index in [1.54, 1.807) is 31.4 Å². The second-order valence-corrected chi connectivity index (χ2v) is 4.41. The molecule has 0 unspecified atom stereocenters. The topological polar surface area (TPSA) is 60.2 Å². The van der Waals surface area contributed by atoms with E-state index in [2.05, 4.69) is 10.3 Å². The largest absolute Gasteiger partial charge is 0.495 e. The fourth-order valence-corrected chi connectivity index (χ4v) is 1.84. The average Bonchev–Trinajstić information content (AvgIpc) is 2.33. The minimum Gasteiger partial charge on any atom is -0.495 e. The predicted octanol–water partition coefficient (Wildman–Crippen LogP) is 3.72. The van der Waals surface area contributed by atoms with Crippen LogP contribution in [0.3, 0.4) is 0 Å². The van der Waals surface area contributed by atoms with Gasteiger partial charge in [0.25, 0.3) is 0 Å². The first-order valence-electron chi connectivity index (χ1n) is 5.11. The van der Waals surface area contributed by atoms with E-state index in [9.17, 15) is 0 Å². The highest BCUT2D eigenvalue weighted by Gasteiger charge is 2.08. The van der Waals surface area contributed by atoms with Gasteiger partial charge in [0.15, 0.2) is 0 Å². The molecule has 0 saturated heterocycles. The van der Waals surface area contributed by atoms with Gasteiger partial charge in [0, 0.05) is 5.02 Å². The number of benzene rings is 1. The molecule has 6 heteroatoms. The van der Waals surface area contributed by atoms with E-state index in [0.29, 0.717) is 33.0 Å². The number of hydrogen-bond donors (Lipinski definition) is 2. The number of methoxy groups -OCH3 is 1. The molecule has 0 aliphatic rings. The minimum absolute atomic E-state index is 0.428. The normalized spacial score (nSPS) is 10.2. The van der Waals surface area contributed by atoms with Gasteiger partial charge in [-0.05, 0) is 24.3 Å². The van der Waals surface area contributed by atoms with Crippen LogP contribution in [0.15, 0.2) is 30.5 Å². The number of aromatic nitrogens is 1. The number of rotatable bonds is 3. The van der Waals surface area contributed by atoms with Crippen molar-refractivity contribution in [1.82, 2.24) is 4.98 Å². The van der Waals surface area contributed by atoms with E-state index in [1.807, 2.05) is 0 Å². The molecule has 2 rings (SSSR count). The van der Waals surface area contributed by atoms with Gasteiger partial charge in [-0.3, -0.25) is 0 Å². The molecule has 0 spiro atoms. The number of anilines is 3. The first-order valence-corrected chi connectivity index (χ1v) is 5.87. The summed E-state index contributed by atoms with van der Waals surface area (Å²) in [6, 6.07) is 6.85. The van der Waals surface area contributed by atoms with Crippen LogP contribution < -0.4 is 15.8 Å². The van der Waals surface area contributed by atoms with Crippen LogP contribution in [0.4, 0.5) is 17.2 Å². The van der Waals surface area contributed by atoms with Crippen molar-refractivity contribution in [1.29, 1.82) is 0 Å². The fraction of sp³-hybridized carbons (Fsp3) is 0.0833. The van der Waals surface area contributed by atoms with Crippen LogP contribution in [-0.4, -0.2) is 12.1 Å². The molecule has 1 heterocycles. The number of hydrogen-bond acceptors (Lipinski definition) is 4. The van der Waals surface area contributed by atoms with E-state index in [0.717, 1.165) is 0 Å². The molecule has 1 aromatic heterocycles. The molecule has 0 bridgehead atoms. The Labute approximate surface area is 115 Å². The highest BCUT2D eigenvalue weighted by Crippen LogP contribution is 2.32. The Morgan fingerprint density at radius 1 is 1.28 bits per heavy atom. The zero-order valence-electron chi connectivity index (χ0n) is 9.58. The summed E-state index contributed by atoms with van der Waals surface area (Å²) in [6.07, 6.45) is 1.52. The third-order valence-corrected chi connectivity index (χ3v) is 2.80. The zero-order valence-corrected chi connectivity index (χ0v) is 11.1. The van der Waals surface area contributed by atoms with Crippen LogP contribution in [0.1, 0.15) is 0 Å². The first-order chi connectivity index (χ1) is 8.60. The Morgan fingerprint density at radius 3 is 2.72 bits per heavy atom. The van der Waals surface area contributed by atoms with Gasteiger partial charge in [-0.1, -0.05) is 23.2 Å². The van der Waals surface area contributed by atoms with E-state index >= 15 is 0 Å². The lowest BCUT2D eigenvalue weighted by Gasteiger charge is -2.12. The lowest BCUT2D eigenvalue weighted by atomic mass is 10.3. The monoisotopic (exact) mass is 283 g/mol. The summed E-state index contributed by atoms with van der Waals surface area (Å²) in [6.45, 7) is 0. The van der Waals surface area contributed by atoms with E-state index in [4.69, 9.17) is 33.7 Å². The molecule has 3 N–H and O–H groups in total. The Hall–Kier alpha value is -1.65. The molecule has 94 valence electrons. The number of pyridine rings is 1. The number of ether oxygens (including phenoxy) is 1. The molecule has 1 aromatic carbocycles. The molecule has 2 aromatic rings. The summed E-state index contributed by atoms with van der Waals surface area (Å²) >= 11 is 12.0. The lowest BCUT2D eigenvalue weighted by molar-refractivity contribution is 0.417. The maximum absolute atomic E-state index is 6.04. The number of nitrogens with two attached hydrogens (primary N) is 1. The van der Waals surface area contributed by atoms with Gasteiger partial charge in [0.05, 0.1) is 29.7 Å². The van der Waals surface area contributed by atoms with Gasteiger partial charge >= 0.3 is 0 Å². The Morgan fingerprint density at radius 2 is 2.06 bits per heavy atom. The van der Waals surface area contributed by atoms with Crippen LogP contribution >= 0.6 is 23.2 Å². The third kappa shape index (κ3) is 2.78. The molecular formula is C12H11Cl2N3O. The number of nitrogen functional groups attached to an aromatic ring is 1. The fourth-order valence-electron chi connectivity index (χ4n) is 1.45. The van der Waals surface area contributed by atoms with Crippen molar-refractivity contribution in [2.45, 2.75) is 0 Å². The quantitative estimate of drug-likeness (QED) is 0.901. The van der Waals surface area contributed by atoms with E-state index in [1.165, 1.54) is 6.20 Å². The van der Waals surface area contributed by atoms with Gasteiger partial charge in [0.1, 0.15) is 11.6 Å². The van der Waals surface area contributed by atoms with Crippen molar-refractivity contribution in [2.75, 3.05) is 18.2 Å². The summed E-state index contributed by atoms with van der Waals surface area (Å²) in [5.74, 6) is 1.14. The standard InChI is InChI=1S/C12H11Cl2N3O/c1-18-11-3-2-7(13)4-10(11)17-12-9(14)5-8(15)6-16-12/h2-6H,15H2,1H3,(H,16,17). The molecular weight excluding hydrogens is 273 g/mol. The molecule has 0 aliphatic carbocycles. The van der Waals surface area contributed by atoms with Gasteiger partial charge in [-0.2, -0.15) is 0 Å². The summed E-state index contributed by atoms with van der Waals surface area (Å²) in [7, 11) is 1.58. The van der Waals surface area contributed by atoms with Gasteiger partial charge in [-0.15, -0.1) is 0 Å². The Balaban J connectivity index is 2.36. The van der Waals surface area contributed by atoms with E-state index in [-0.39, 0.29) is 0 Å². The average molecular weight is 284 g/mol. The first kappa shape index (κ1) is 12.8. The summed E-state index contributed by atoms with van der Waals surface area (Å²) in [4.78, 5) is 4.11. The second kappa shape index (κ2) is 5.33. The number of halogens is 2. The van der Waals surface area contributed by atoms with Crippen LogP contribution in [0.5, 0.6) is 5.75 Å². The summed E-state index contributed by atoms with van der Waals surface area (Å²) in [5, 5.41) is 4.07. The molecule has 0 radical (unpaired) electrons. The molecule has 18 heavy (non-hydrogen) atoms. The lowest BCUT2D eigenvalue weighted by Crippen LogP contribution is -1.98. The molecule has 0 aliphatic heterocycles. The van der Waals surface area contributed by atoms with Crippen molar-refractivity contribution >= 4 is 40.4 Å². The maximum Gasteiger partial charge on any atom is 0.149 e. The highest BCUT2D eigenvalue weighted by molar-refractivity contribution is 6.33. The number of nitrogens with zero attached hydrogens (tertiary/aromatic N) is 1. The molecule has 0 fully saturated rings. The van der Waals surface area contributed by atoms with E-state index < -0.39 is 0 Å². The maximum atomic E-state index is 6.04. The van der Waals surface area contributed by atoms with Crippen molar-refractivity contribution in [3.63, 3.8) is 0 Å². The van der Waals surface area contributed by atoms with Crippen molar-refractivity contribution < 1.29 is 4.74 Å².